The van der Waals surface area contributed by atoms with Gasteiger partial charge in [-0.3, -0.25) is 0 Å². The lowest BCUT2D eigenvalue weighted by atomic mass is 9.44. The van der Waals surface area contributed by atoms with Gasteiger partial charge in [0.15, 0.2) is 0 Å². The number of hydrogen-bond donors (Lipinski definition) is 0. The smallest absolute Gasteiger partial charge is 0.148 e. The lowest BCUT2D eigenvalue weighted by Crippen LogP contribution is -2.61. The van der Waals surface area contributed by atoms with Crippen LogP contribution in [0.15, 0.2) is 0 Å². The number of ether oxygens (including phenoxy) is 1. The molecular weight excluding hydrogens is 188 g/mol. The topological polar surface area (TPSA) is 26.3 Å². The van der Waals surface area contributed by atoms with E-state index in [4.69, 9.17) is 4.74 Å². The molecule has 2 heteroatoms. The largest absolute Gasteiger partial charge is 0.364 e. The van der Waals surface area contributed by atoms with Crippen LogP contribution in [0.4, 0.5) is 0 Å². The molecule has 0 aromatic carbocycles. The molecule has 1 saturated heterocycles. The molecule has 4 fully saturated rings. The molecule has 0 radical (unpaired) electrons. The van der Waals surface area contributed by atoms with Crippen LogP contribution >= 0.6 is 0 Å². The zero-order valence-corrected chi connectivity index (χ0v) is 9.66. The number of aldehydes is 1. The molecule has 1 aliphatic heterocycles. The Morgan fingerprint density at radius 3 is 2.53 bits per heavy atom. The summed E-state index contributed by atoms with van der Waals surface area (Å²) in [6.45, 7) is 4.76. The van der Waals surface area contributed by atoms with E-state index < -0.39 is 0 Å². The van der Waals surface area contributed by atoms with E-state index in [1.165, 1.54) is 19.3 Å². The van der Waals surface area contributed by atoms with Gasteiger partial charge < -0.3 is 9.53 Å². The summed E-state index contributed by atoms with van der Waals surface area (Å²) >= 11 is 0. The fraction of sp³-hybridized carbons (Fsp3) is 0.923. The van der Waals surface area contributed by atoms with Gasteiger partial charge >= 0.3 is 0 Å². The van der Waals surface area contributed by atoms with Gasteiger partial charge in [0, 0.05) is 0 Å². The average Bonchev–Trinajstić information content (AvgIpc) is 2.61. The van der Waals surface area contributed by atoms with E-state index in [1.807, 2.05) is 0 Å². The number of carbonyl (C=O) groups excluding carboxylic acids is 1. The predicted octanol–water partition coefficient (Wildman–Crippen LogP) is 2.56. The molecule has 4 atom stereocenters. The molecule has 4 unspecified atom stereocenters. The summed E-state index contributed by atoms with van der Waals surface area (Å²) in [4.78, 5) is 10.8. The Kier molecular flexibility index (Phi) is 1.87. The van der Waals surface area contributed by atoms with E-state index in [2.05, 4.69) is 13.8 Å². The van der Waals surface area contributed by atoms with Crippen molar-refractivity contribution in [1.82, 2.24) is 0 Å². The molecule has 1 spiro atoms. The Labute approximate surface area is 91.4 Å². The Bertz CT molecular complexity index is 295. The monoisotopic (exact) mass is 208 g/mol. The van der Waals surface area contributed by atoms with Crippen molar-refractivity contribution in [2.75, 3.05) is 0 Å². The highest BCUT2D eigenvalue weighted by Crippen LogP contribution is 2.66. The van der Waals surface area contributed by atoms with E-state index in [-0.39, 0.29) is 11.7 Å². The number of fused-ring (bicyclic) bond motifs is 1. The van der Waals surface area contributed by atoms with Crippen molar-refractivity contribution >= 4 is 6.29 Å². The van der Waals surface area contributed by atoms with Crippen molar-refractivity contribution in [3.05, 3.63) is 0 Å². The van der Waals surface area contributed by atoms with E-state index in [0.717, 1.165) is 25.0 Å². The predicted molar refractivity (Wildman–Crippen MR) is 57.5 cm³/mol. The first kappa shape index (κ1) is 9.83. The third-order valence-electron chi connectivity index (χ3n) is 5.41. The van der Waals surface area contributed by atoms with Crippen molar-refractivity contribution in [2.24, 2.45) is 17.3 Å². The van der Waals surface area contributed by atoms with Crippen LogP contribution in [0.1, 0.15) is 46.0 Å². The van der Waals surface area contributed by atoms with Gasteiger partial charge in [-0.2, -0.15) is 0 Å². The van der Waals surface area contributed by atoms with E-state index in [9.17, 15) is 4.79 Å². The maximum absolute atomic E-state index is 10.8. The lowest BCUT2D eigenvalue weighted by Gasteiger charge is -2.64. The standard InChI is InChI=1S/C13H20O2/c1-12(2)9-3-5-13(11(12)7-9)6-4-10(8-14)15-13/h8-11H,3-7H2,1-2H3. The summed E-state index contributed by atoms with van der Waals surface area (Å²) in [5, 5.41) is 0. The SMILES string of the molecule is CC1(C)C2CCC3(CCC(C=O)O3)C1C2. The third-order valence-corrected chi connectivity index (χ3v) is 5.41. The van der Waals surface area contributed by atoms with Crippen LogP contribution in [0.25, 0.3) is 0 Å². The van der Waals surface area contributed by atoms with Crippen molar-refractivity contribution < 1.29 is 9.53 Å². The van der Waals surface area contributed by atoms with Gasteiger partial charge in [0.2, 0.25) is 0 Å². The van der Waals surface area contributed by atoms with Crippen molar-refractivity contribution in [3.63, 3.8) is 0 Å². The van der Waals surface area contributed by atoms with Gasteiger partial charge in [-0.05, 0) is 49.4 Å². The fourth-order valence-corrected chi connectivity index (χ4v) is 4.33. The lowest BCUT2D eigenvalue weighted by molar-refractivity contribution is -0.215. The van der Waals surface area contributed by atoms with Crippen LogP contribution in [-0.4, -0.2) is 18.0 Å². The van der Waals surface area contributed by atoms with E-state index in [1.54, 1.807) is 0 Å². The molecule has 84 valence electrons. The van der Waals surface area contributed by atoms with Crippen LogP contribution in [0.3, 0.4) is 0 Å². The molecule has 0 aromatic rings. The zero-order chi connectivity index (χ0) is 10.7. The van der Waals surface area contributed by atoms with Crippen LogP contribution in [-0.2, 0) is 9.53 Å². The van der Waals surface area contributed by atoms with E-state index >= 15 is 0 Å². The second-order valence-electron chi connectivity index (χ2n) is 6.24. The summed E-state index contributed by atoms with van der Waals surface area (Å²) in [6, 6.07) is 0. The van der Waals surface area contributed by atoms with Crippen LogP contribution in [0.2, 0.25) is 0 Å². The molecule has 15 heavy (non-hydrogen) atoms. The normalized spacial score (nSPS) is 51.5. The first-order chi connectivity index (χ1) is 7.08. The minimum absolute atomic E-state index is 0.0732. The summed E-state index contributed by atoms with van der Waals surface area (Å²) in [6.07, 6.45) is 6.76. The first-order valence-corrected chi connectivity index (χ1v) is 6.21. The Morgan fingerprint density at radius 1 is 1.27 bits per heavy atom. The summed E-state index contributed by atoms with van der Waals surface area (Å²) in [5.41, 5.74) is 0.528. The summed E-state index contributed by atoms with van der Waals surface area (Å²) in [7, 11) is 0. The summed E-state index contributed by atoms with van der Waals surface area (Å²) < 4.78 is 6.06. The molecule has 0 amide bonds. The van der Waals surface area contributed by atoms with Gasteiger partial charge in [0.25, 0.3) is 0 Å². The van der Waals surface area contributed by atoms with Crippen molar-refractivity contribution in [1.29, 1.82) is 0 Å². The number of carbonyl (C=O) groups is 1. The molecule has 4 aliphatic rings. The Hall–Kier alpha value is -0.370. The van der Waals surface area contributed by atoms with Crippen LogP contribution in [0.5, 0.6) is 0 Å². The average molecular weight is 208 g/mol. The molecule has 2 bridgehead atoms. The van der Waals surface area contributed by atoms with Crippen LogP contribution in [0, 0.1) is 17.3 Å². The Morgan fingerprint density at radius 2 is 2.00 bits per heavy atom. The maximum Gasteiger partial charge on any atom is 0.148 e. The van der Waals surface area contributed by atoms with Gasteiger partial charge in [0.1, 0.15) is 12.4 Å². The van der Waals surface area contributed by atoms with Gasteiger partial charge in [-0.25, -0.2) is 0 Å². The fourth-order valence-electron chi connectivity index (χ4n) is 4.33. The first-order valence-electron chi connectivity index (χ1n) is 6.21. The second kappa shape index (κ2) is 2.85. The van der Waals surface area contributed by atoms with E-state index in [0.29, 0.717) is 11.3 Å². The maximum atomic E-state index is 10.8. The highest BCUT2D eigenvalue weighted by atomic mass is 16.5. The molecule has 3 aliphatic carbocycles. The highest BCUT2D eigenvalue weighted by molar-refractivity contribution is 5.56. The molecule has 0 N–H and O–H groups in total. The number of rotatable bonds is 1. The molecule has 2 nitrogen and oxygen atoms in total. The van der Waals surface area contributed by atoms with Crippen molar-refractivity contribution in [2.45, 2.75) is 57.7 Å². The molecule has 1 heterocycles. The Balaban J connectivity index is 1.85. The van der Waals surface area contributed by atoms with Gasteiger partial charge in [-0.15, -0.1) is 0 Å². The molecule has 4 rings (SSSR count). The molecular formula is C13H20O2. The highest BCUT2D eigenvalue weighted by Gasteiger charge is 2.63. The van der Waals surface area contributed by atoms with Gasteiger partial charge in [0.05, 0.1) is 5.60 Å². The molecule has 0 aromatic heterocycles. The third kappa shape index (κ3) is 1.12. The van der Waals surface area contributed by atoms with Crippen LogP contribution < -0.4 is 0 Å². The van der Waals surface area contributed by atoms with Gasteiger partial charge in [-0.1, -0.05) is 13.8 Å². The second-order valence-corrected chi connectivity index (χ2v) is 6.24. The number of hydrogen-bond acceptors (Lipinski definition) is 2. The van der Waals surface area contributed by atoms with Crippen molar-refractivity contribution in [3.8, 4) is 0 Å². The minimum atomic E-state index is -0.113. The zero-order valence-electron chi connectivity index (χ0n) is 9.66. The minimum Gasteiger partial charge on any atom is -0.364 e. The summed E-state index contributed by atoms with van der Waals surface area (Å²) in [5.74, 6) is 1.61. The quantitative estimate of drug-likeness (QED) is 0.619. The molecule has 3 saturated carbocycles.